The third-order valence-electron chi connectivity index (χ3n) is 3.77. The third-order valence-corrected chi connectivity index (χ3v) is 3.77. The van der Waals surface area contributed by atoms with Crippen LogP contribution < -0.4 is 10.2 Å². The van der Waals surface area contributed by atoms with Crippen molar-refractivity contribution in [3.05, 3.63) is 23.8 Å². The number of esters is 1. The number of amides is 1. The Morgan fingerprint density at radius 3 is 2.83 bits per heavy atom. The summed E-state index contributed by atoms with van der Waals surface area (Å²) in [5.74, 6) is 0.0584. The normalized spacial score (nSPS) is 16.2. The molecule has 7 heteroatoms. The zero-order valence-corrected chi connectivity index (χ0v) is 14.3. The summed E-state index contributed by atoms with van der Waals surface area (Å²) in [6.45, 7) is 5.72. The van der Waals surface area contributed by atoms with Gasteiger partial charge in [-0.2, -0.15) is 5.10 Å². The van der Waals surface area contributed by atoms with Gasteiger partial charge < -0.3 is 14.4 Å². The molecule has 0 radical (unpaired) electrons. The van der Waals surface area contributed by atoms with E-state index in [0.717, 1.165) is 13.0 Å². The van der Waals surface area contributed by atoms with E-state index in [4.69, 9.17) is 9.47 Å². The van der Waals surface area contributed by atoms with Gasteiger partial charge in [0.05, 0.1) is 25.0 Å². The van der Waals surface area contributed by atoms with Gasteiger partial charge in [-0.1, -0.05) is 0 Å². The number of nitrogens with zero attached hydrogens (tertiary/aromatic N) is 2. The van der Waals surface area contributed by atoms with Gasteiger partial charge >= 0.3 is 5.97 Å². The van der Waals surface area contributed by atoms with E-state index in [0.29, 0.717) is 42.3 Å². The first-order valence-electron chi connectivity index (χ1n) is 8.07. The summed E-state index contributed by atoms with van der Waals surface area (Å²) >= 11 is 0. The van der Waals surface area contributed by atoms with Crippen LogP contribution in [0.2, 0.25) is 0 Å². The van der Waals surface area contributed by atoms with E-state index >= 15 is 0 Å². The number of piperidine rings is 1. The van der Waals surface area contributed by atoms with Crippen molar-refractivity contribution in [1.82, 2.24) is 4.90 Å². The summed E-state index contributed by atoms with van der Waals surface area (Å²) < 4.78 is 10.3. The van der Waals surface area contributed by atoms with Gasteiger partial charge in [0, 0.05) is 13.1 Å². The summed E-state index contributed by atoms with van der Waals surface area (Å²) in [5, 5.41) is 4.25. The molecule has 130 valence electrons. The van der Waals surface area contributed by atoms with Crippen LogP contribution in [0.4, 0.5) is 5.69 Å². The molecule has 1 fully saturated rings. The van der Waals surface area contributed by atoms with Crippen LogP contribution in [0, 0.1) is 0 Å². The lowest BCUT2D eigenvalue weighted by atomic mass is 10.1. The quantitative estimate of drug-likeness (QED) is 0.638. The fourth-order valence-corrected chi connectivity index (χ4v) is 2.51. The summed E-state index contributed by atoms with van der Waals surface area (Å²) in [6, 6.07) is 4.91. The van der Waals surface area contributed by atoms with Gasteiger partial charge in [-0.3, -0.25) is 10.2 Å². The highest BCUT2D eigenvalue weighted by Crippen LogP contribution is 2.26. The zero-order valence-electron chi connectivity index (χ0n) is 14.3. The van der Waals surface area contributed by atoms with E-state index in [1.54, 1.807) is 23.1 Å². The van der Waals surface area contributed by atoms with E-state index < -0.39 is 5.97 Å². The number of nitrogens with one attached hydrogen (secondary N) is 1. The van der Waals surface area contributed by atoms with E-state index in [9.17, 15) is 9.59 Å². The van der Waals surface area contributed by atoms with E-state index in [1.807, 2.05) is 13.8 Å². The van der Waals surface area contributed by atoms with Gasteiger partial charge in [-0.25, -0.2) is 4.79 Å². The number of anilines is 1. The fraction of sp³-hybridized carbons (Fsp3) is 0.471. The smallest absolute Gasteiger partial charge is 0.337 e. The standard InChI is InChI=1S/C17H23N3O4/c1-4-20-10-6-7-13(16(20)21)18-19-14-11-12(17(22)23-3)8-9-15(14)24-5-2/h8-9,11,19H,4-7,10H2,1-3H3. The van der Waals surface area contributed by atoms with Crippen molar-refractivity contribution >= 4 is 23.3 Å². The maximum absolute atomic E-state index is 12.3. The highest BCUT2D eigenvalue weighted by molar-refractivity contribution is 6.39. The summed E-state index contributed by atoms with van der Waals surface area (Å²) in [7, 11) is 1.33. The molecular formula is C17H23N3O4. The second kappa shape index (κ2) is 8.33. The first-order chi connectivity index (χ1) is 11.6. The molecule has 2 rings (SSSR count). The summed E-state index contributed by atoms with van der Waals surface area (Å²) in [4.78, 5) is 25.7. The Labute approximate surface area is 141 Å². The number of hydrazone groups is 1. The number of benzene rings is 1. The van der Waals surface area contributed by atoms with Gasteiger partial charge in [0.15, 0.2) is 0 Å². The van der Waals surface area contributed by atoms with Crippen LogP contribution in [0.5, 0.6) is 5.75 Å². The van der Waals surface area contributed by atoms with Crippen LogP contribution in [0.15, 0.2) is 23.3 Å². The van der Waals surface area contributed by atoms with E-state index in [2.05, 4.69) is 10.5 Å². The molecule has 1 aliphatic heterocycles. The number of carbonyl (C=O) groups excluding carboxylic acids is 2. The number of carbonyl (C=O) groups is 2. The molecule has 7 nitrogen and oxygen atoms in total. The van der Waals surface area contributed by atoms with Crippen molar-refractivity contribution in [1.29, 1.82) is 0 Å². The Bertz CT molecular complexity index is 643. The van der Waals surface area contributed by atoms with E-state index in [1.165, 1.54) is 7.11 Å². The molecule has 1 N–H and O–H groups in total. The molecule has 0 spiro atoms. The minimum absolute atomic E-state index is 0.0571. The number of methoxy groups -OCH3 is 1. The highest BCUT2D eigenvalue weighted by Gasteiger charge is 2.23. The molecule has 0 bridgehead atoms. The maximum atomic E-state index is 12.3. The van der Waals surface area contributed by atoms with Crippen molar-refractivity contribution < 1.29 is 19.1 Å². The SMILES string of the molecule is CCOc1ccc(C(=O)OC)cc1NN=C1CCCN(CC)C1=O. The molecule has 0 aliphatic carbocycles. The largest absolute Gasteiger partial charge is 0.492 e. The van der Waals surface area contributed by atoms with Crippen LogP contribution in [0.1, 0.15) is 37.0 Å². The Kier molecular flexibility index (Phi) is 6.17. The average molecular weight is 333 g/mol. The van der Waals surface area contributed by atoms with Gasteiger partial charge in [-0.15, -0.1) is 0 Å². The topological polar surface area (TPSA) is 80.2 Å². The minimum Gasteiger partial charge on any atom is -0.492 e. The monoisotopic (exact) mass is 333 g/mol. The molecule has 1 saturated heterocycles. The van der Waals surface area contributed by atoms with Crippen molar-refractivity contribution in [2.75, 3.05) is 32.2 Å². The van der Waals surface area contributed by atoms with Crippen molar-refractivity contribution in [2.45, 2.75) is 26.7 Å². The first-order valence-corrected chi connectivity index (χ1v) is 8.07. The molecule has 1 amide bonds. The molecule has 1 aromatic rings. The Morgan fingerprint density at radius 2 is 2.17 bits per heavy atom. The molecule has 0 atom stereocenters. The molecule has 1 heterocycles. The molecule has 24 heavy (non-hydrogen) atoms. The zero-order chi connectivity index (χ0) is 17.5. The Balaban J connectivity index is 2.24. The van der Waals surface area contributed by atoms with E-state index in [-0.39, 0.29) is 5.91 Å². The number of rotatable bonds is 6. The fourth-order valence-electron chi connectivity index (χ4n) is 2.51. The number of ether oxygens (including phenoxy) is 2. The predicted molar refractivity (Wildman–Crippen MR) is 91.5 cm³/mol. The lowest BCUT2D eigenvalue weighted by Gasteiger charge is -2.26. The van der Waals surface area contributed by atoms with Crippen molar-refractivity contribution in [3.8, 4) is 5.75 Å². The molecule has 0 unspecified atom stereocenters. The van der Waals surface area contributed by atoms with Crippen molar-refractivity contribution in [3.63, 3.8) is 0 Å². The average Bonchev–Trinajstić information content (AvgIpc) is 2.61. The van der Waals surface area contributed by atoms with Gasteiger partial charge in [0.2, 0.25) is 0 Å². The number of hydrogen-bond donors (Lipinski definition) is 1. The molecule has 0 saturated carbocycles. The maximum Gasteiger partial charge on any atom is 0.337 e. The van der Waals surface area contributed by atoms with Gasteiger partial charge in [0.25, 0.3) is 5.91 Å². The predicted octanol–water partition coefficient (Wildman–Crippen LogP) is 2.28. The summed E-state index contributed by atoms with van der Waals surface area (Å²) in [6.07, 6.45) is 1.52. The molecule has 1 aromatic carbocycles. The van der Waals surface area contributed by atoms with Crippen LogP contribution in [-0.2, 0) is 9.53 Å². The lowest BCUT2D eigenvalue weighted by molar-refractivity contribution is -0.124. The van der Waals surface area contributed by atoms with Crippen LogP contribution >= 0.6 is 0 Å². The van der Waals surface area contributed by atoms with Crippen molar-refractivity contribution in [2.24, 2.45) is 5.10 Å². The first kappa shape index (κ1) is 17.8. The second-order valence-electron chi connectivity index (χ2n) is 5.29. The second-order valence-corrected chi connectivity index (χ2v) is 5.29. The Hall–Kier alpha value is -2.57. The lowest BCUT2D eigenvalue weighted by Crippen LogP contribution is -2.41. The molecule has 0 aromatic heterocycles. The highest BCUT2D eigenvalue weighted by atomic mass is 16.5. The summed E-state index contributed by atoms with van der Waals surface area (Å²) in [5.41, 5.74) is 4.26. The number of hydrogen-bond acceptors (Lipinski definition) is 6. The van der Waals surface area contributed by atoms with Gasteiger partial charge in [0.1, 0.15) is 11.5 Å². The molecular weight excluding hydrogens is 310 g/mol. The van der Waals surface area contributed by atoms with Crippen LogP contribution in [0.25, 0.3) is 0 Å². The molecule has 1 aliphatic rings. The third kappa shape index (κ3) is 4.04. The Morgan fingerprint density at radius 1 is 1.38 bits per heavy atom. The van der Waals surface area contributed by atoms with Crippen LogP contribution in [-0.4, -0.2) is 49.3 Å². The minimum atomic E-state index is -0.445. The number of likely N-dealkylation sites (tertiary alicyclic amines) is 1. The van der Waals surface area contributed by atoms with Gasteiger partial charge in [-0.05, 0) is 44.9 Å². The van der Waals surface area contributed by atoms with Crippen LogP contribution in [0.3, 0.4) is 0 Å².